The van der Waals surface area contributed by atoms with Crippen LogP contribution < -0.4 is 9.47 Å². The lowest BCUT2D eigenvalue weighted by molar-refractivity contribution is 0.385. The van der Waals surface area contributed by atoms with Crippen LogP contribution in [-0.2, 0) is 0 Å². The minimum absolute atomic E-state index is 0.524. The van der Waals surface area contributed by atoms with Crippen LogP contribution in [0.25, 0.3) is 11.1 Å². The van der Waals surface area contributed by atoms with Gasteiger partial charge >= 0.3 is 0 Å². The minimum Gasteiger partial charge on any atom is -0.496 e. The number of pyridine rings is 1. The Morgan fingerprint density at radius 2 is 2.13 bits per heavy atom. The number of hydrogen-bond donors (Lipinski definition) is 1. The Kier molecular flexibility index (Phi) is 2.53. The van der Waals surface area contributed by atoms with Crippen molar-refractivity contribution in [1.82, 2.24) is 15.2 Å². The van der Waals surface area contributed by atoms with Crippen molar-refractivity contribution < 1.29 is 9.47 Å². The van der Waals surface area contributed by atoms with Crippen LogP contribution in [0.4, 0.5) is 0 Å². The van der Waals surface area contributed by atoms with Crippen molar-refractivity contribution in [1.29, 1.82) is 0 Å². The van der Waals surface area contributed by atoms with Crippen LogP contribution in [0.2, 0.25) is 0 Å². The summed E-state index contributed by atoms with van der Waals surface area (Å²) in [5.74, 6) is 1.24. The van der Waals surface area contributed by atoms with Crippen molar-refractivity contribution in [3.63, 3.8) is 0 Å². The molecule has 2 aromatic rings. The molecule has 5 nitrogen and oxygen atoms in total. The monoisotopic (exact) mass is 205 g/mol. The van der Waals surface area contributed by atoms with Gasteiger partial charge in [-0.25, -0.2) is 4.98 Å². The molecule has 0 amide bonds. The normalized spacial score (nSPS) is 10.0. The van der Waals surface area contributed by atoms with Gasteiger partial charge in [0.2, 0.25) is 5.88 Å². The molecule has 78 valence electrons. The summed E-state index contributed by atoms with van der Waals surface area (Å²) >= 11 is 0. The van der Waals surface area contributed by atoms with E-state index in [0.717, 1.165) is 11.1 Å². The van der Waals surface area contributed by atoms with E-state index >= 15 is 0 Å². The average molecular weight is 205 g/mol. The first-order valence-corrected chi connectivity index (χ1v) is 4.43. The highest BCUT2D eigenvalue weighted by Crippen LogP contribution is 2.35. The van der Waals surface area contributed by atoms with Crippen molar-refractivity contribution >= 4 is 0 Å². The van der Waals surface area contributed by atoms with E-state index in [2.05, 4.69) is 15.2 Å². The van der Waals surface area contributed by atoms with Gasteiger partial charge in [0.1, 0.15) is 5.75 Å². The Morgan fingerprint density at radius 1 is 1.27 bits per heavy atom. The molecule has 0 aromatic carbocycles. The second kappa shape index (κ2) is 4.00. The van der Waals surface area contributed by atoms with Crippen molar-refractivity contribution in [3.8, 4) is 22.8 Å². The van der Waals surface area contributed by atoms with E-state index in [1.165, 1.54) is 0 Å². The molecule has 0 unspecified atom stereocenters. The topological polar surface area (TPSA) is 60.0 Å². The van der Waals surface area contributed by atoms with Gasteiger partial charge in [-0.3, -0.25) is 5.10 Å². The van der Waals surface area contributed by atoms with Crippen LogP contribution in [0.3, 0.4) is 0 Å². The zero-order valence-corrected chi connectivity index (χ0v) is 8.52. The average Bonchev–Trinajstić information content (AvgIpc) is 2.81. The zero-order valence-electron chi connectivity index (χ0n) is 8.52. The molecule has 0 saturated heterocycles. The first-order chi connectivity index (χ1) is 7.36. The Bertz CT molecular complexity index is 418. The van der Waals surface area contributed by atoms with E-state index in [4.69, 9.17) is 9.47 Å². The number of methoxy groups -OCH3 is 2. The van der Waals surface area contributed by atoms with Gasteiger partial charge in [-0.05, 0) is 6.07 Å². The highest BCUT2D eigenvalue weighted by molar-refractivity contribution is 5.73. The minimum atomic E-state index is 0.524. The summed E-state index contributed by atoms with van der Waals surface area (Å²) in [5.41, 5.74) is 1.69. The molecule has 0 aliphatic carbocycles. The third-order valence-corrected chi connectivity index (χ3v) is 2.08. The van der Waals surface area contributed by atoms with Gasteiger partial charge in [-0.2, -0.15) is 5.10 Å². The predicted molar refractivity (Wildman–Crippen MR) is 54.9 cm³/mol. The quantitative estimate of drug-likeness (QED) is 0.824. The lowest BCUT2D eigenvalue weighted by Crippen LogP contribution is -1.94. The lowest BCUT2D eigenvalue weighted by atomic mass is 10.1. The van der Waals surface area contributed by atoms with Crippen LogP contribution >= 0.6 is 0 Å². The Balaban J connectivity index is 2.61. The third-order valence-electron chi connectivity index (χ3n) is 2.08. The number of aromatic nitrogens is 3. The molecule has 0 aliphatic heterocycles. The van der Waals surface area contributed by atoms with Crippen LogP contribution in [0.15, 0.2) is 24.7 Å². The predicted octanol–water partition coefficient (Wildman–Crippen LogP) is 1.49. The first kappa shape index (κ1) is 9.51. The van der Waals surface area contributed by atoms with E-state index in [0.29, 0.717) is 11.6 Å². The van der Waals surface area contributed by atoms with Crippen LogP contribution in [0.5, 0.6) is 11.6 Å². The Morgan fingerprint density at radius 3 is 2.73 bits per heavy atom. The molecule has 1 N–H and O–H groups in total. The molecule has 15 heavy (non-hydrogen) atoms. The van der Waals surface area contributed by atoms with Gasteiger partial charge < -0.3 is 9.47 Å². The molecular weight excluding hydrogens is 194 g/mol. The third kappa shape index (κ3) is 1.63. The second-order valence-corrected chi connectivity index (χ2v) is 2.88. The van der Waals surface area contributed by atoms with Gasteiger partial charge in [0.15, 0.2) is 0 Å². The molecule has 5 heteroatoms. The van der Waals surface area contributed by atoms with E-state index in [1.54, 1.807) is 38.9 Å². The SMILES string of the molecule is COc1ccnc(OC)c1-c1cn[nH]c1. The largest absolute Gasteiger partial charge is 0.496 e. The summed E-state index contributed by atoms with van der Waals surface area (Å²) in [7, 11) is 3.18. The fourth-order valence-corrected chi connectivity index (χ4v) is 1.40. The molecule has 2 aromatic heterocycles. The standard InChI is InChI=1S/C10H11N3O2/c1-14-8-3-4-11-10(15-2)9(8)7-5-12-13-6-7/h3-6H,1-2H3,(H,12,13). The summed E-state index contributed by atoms with van der Waals surface area (Å²) in [6.45, 7) is 0. The fraction of sp³-hybridized carbons (Fsp3) is 0.200. The van der Waals surface area contributed by atoms with Crippen LogP contribution in [0, 0.1) is 0 Å². The van der Waals surface area contributed by atoms with E-state index in [1.807, 2.05) is 0 Å². The maximum atomic E-state index is 5.25. The highest BCUT2D eigenvalue weighted by atomic mass is 16.5. The number of hydrogen-bond acceptors (Lipinski definition) is 4. The van der Waals surface area contributed by atoms with Crippen molar-refractivity contribution in [2.75, 3.05) is 14.2 Å². The lowest BCUT2D eigenvalue weighted by Gasteiger charge is -2.09. The molecule has 0 radical (unpaired) electrons. The summed E-state index contributed by atoms with van der Waals surface area (Å²) in [6, 6.07) is 1.78. The molecule has 0 aliphatic rings. The summed E-state index contributed by atoms with van der Waals surface area (Å²) < 4.78 is 10.4. The van der Waals surface area contributed by atoms with E-state index in [9.17, 15) is 0 Å². The first-order valence-electron chi connectivity index (χ1n) is 4.43. The molecule has 2 rings (SSSR count). The molecule has 0 atom stereocenters. The van der Waals surface area contributed by atoms with Crippen LogP contribution in [-0.4, -0.2) is 29.4 Å². The van der Waals surface area contributed by atoms with Gasteiger partial charge in [0, 0.05) is 18.0 Å². The van der Waals surface area contributed by atoms with Crippen LogP contribution in [0.1, 0.15) is 0 Å². The molecule has 0 spiro atoms. The molecule has 2 heterocycles. The molecule has 0 fully saturated rings. The highest BCUT2D eigenvalue weighted by Gasteiger charge is 2.13. The van der Waals surface area contributed by atoms with E-state index in [-0.39, 0.29) is 0 Å². The number of nitrogens with zero attached hydrogens (tertiary/aromatic N) is 2. The van der Waals surface area contributed by atoms with Gasteiger partial charge in [-0.15, -0.1) is 0 Å². The second-order valence-electron chi connectivity index (χ2n) is 2.88. The number of ether oxygens (including phenoxy) is 2. The summed E-state index contributed by atoms with van der Waals surface area (Å²) in [4.78, 5) is 4.12. The Labute approximate surface area is 87.1 Å². The van der Waals surface area contributed by atoms with Gasteiger partial charge in [0.05, 0.1) is 26.0 Å². The number of rotatable bonds is 3. The molecule has 0 saturated carbocycles. The molecule has 0 bridgehead atoms. The van der Waals surface area contributed by atoms with Crippen molar-refractivity contribution in [3.05, 3.63) is 24.7 Å². The van der Waals surface area contributed by atoms with Crippen molar-refractivity contribution in [2.24, 2.45) is 0 Å². The number of H-pyrrole nitrogens is 1. The smallest absolute Gasteiger partial charge is 0.224 e. The zero-order chi connectivity index (χ0) is 10.7. The maximum Gasteiger partial charge on any atom is 0.224 e. The van der Waals surface area contributed by atoms with E-state index < -0.39 is 0 Å². The van der Waals surface area contributed by atoms with Gasteiger partial charge in [0.25, 0.3) is 0 Å². The number of nitrogens with one attached hydrogen (secondary N) is 1. The van der Waals surface area contributed by atoms with Crippen molar-refractivity contribution in [2.45, 2.75) is 0 Å². The summed E-state index contributed by atoms with van der Waals surface area (Å²) in [5, 5.41) is 6.63. The maximum absolute atomic E-state index is 5.25. The molecular formula is C10H11N3O2. The Hall–Kier alpha value is -2.04. The number of aromatic amines is 1. The van der Waals surface area contributed by atoms with Gasteiger partial charge in [-0.1, -0.05) is 0 Å². The summed E-state index contributed by atoms with van der Waals surface area (Å²) in [6.07, 6.45) is 5.10. The fourth-order valence-electron chi connectivity index (χ4n) is 1.40.